The van der Waals surface area contributed by atoms with Gasteiger partial charge in [-0.3, -0.25) is 19.9 Å². The summed E-state index contributed by atoms with van der Waals surface area (Å²) in [5.41, 5.74) is 10.4. The molecule has 48 heavy (non-hydrogen) atoms. The van der Waals surface area contributed by atoms with Crippen LogP contribution in [-0.2, 0) is 37.1 Å². The highest BCUT2D eigenvalue weighted by Crippen LogP contribution is 2.40. The number of oxime groups is 1. The Bertz CT molecular complexity index is 2060. The lowest BCUT2D eigenvalue weighted by molar-refractivity contribution is -0.753. The summed E-state index contributed by atoms with van der Waals surface area (Å²) < 4.78 is 5.56. The van der Waals surface area contributed by atoms with Gasteiger partial charge in [0.2, 0.25) is 5.60 Å². The number of imidazole rings is 1. The number of rotatable bonds is 12. The predicted octanol–water partition coefficient (Wildman–Crippen LogP) is -1.46. The number of nitrogen functional groups attached to an aromatic ring is 2. The van der Waals surface area contributed by atoms with Crippen LogP contribution in [0.2, 0.25) is 0 Å². The first-order valence-electron chi connectivity index (χ1n) is 14.0. The maximum atomic E-state index is 13.3. The molecular weight excluding hydrogens is 687 g/mol. The molecular formula is C27H27N11O7S3. The normalized spacial score (nSPS) is 18.1. The number of nitrogens with two attached hydrogens (primary N) is 2. The number of thiazole rings is 2. The number of nitrogens with one attached hydrogen (secondary N) is 2. The van der Waals surface area contributed by atoms with Crippen LogP contribution in [-0.4, -0.2) is 87.1 Å². The number of aliphatic carboxylic acids is 2. The van der Waals surface area contributed by atoms with Crippen molar-refractivity contribution in [3.05, 3.63) is 63.1 Å². The number of hydrogen-bond donors (Lipinski definition) is 5. The number of carboxylic acids is 2. The van der Waals surface area contributed by atoms with Crippen molar-refractivity contribution in [2.24, 2.45) is 10.9 Å². The minimum atomic E-state index is -1.78. The molecule has 1 fully saturated rings. The van der Waals surface area contributed by atoms with Gasteiger partial charge in [0.15, 0.2) is 29.2 Å². The lowest BCUT2D eigenvalue weighted by Gasteiger charge is -2.50. The Kier molecular flexibility index (Phi) is 8.43. The molecule has 1 saturated heterocycles. The fraction of sp³-hybridized carbons (Fsp3) is 0.296. The van der Waals surface area contributed by atoms with Gasteiger partial charge in [0.05, 0.1) is 30.5 Å². The molecule has 250 valence electrons. The quantitative estimate of drug-likeness (QED) is 0.0371. The molecule has 4 aromatic rings. The van der Waals surface area contributed by atoms with E-state index in [1.54, 1.807) is 16.3 Å². The number of nitrogens with zero attached hydrogens (tertiary/aromatic N) is 7. The first-order valence-corrected chi connectivity index (χ1v) is 16.8. The van der Waals surface area contributed by atoms with Gasteiger partial charge in [-0.2, -0.15) is 0 Å². The lowest BCUT2D eigenvalue weighted by Crippen LogP contribution is -2.71. The first-order chi connectivity index (χ1) is 22.7. The molecule has 4 aromatic heterocycles. The standard InChI is InChI=1S/C27H27N11O7S3/c1-27(2,25(43)44)45-34-17(13-10-48-26(30)32-13)21(39)33-18-22(40)38-19(24(41)42)12(9-47-23(18)38)7-36-4-3-16-35(5-6-37(16)36)8-15-31-14(11-46-15)20(28)29/h3-6,10-11,18,23H,7-9H2,1-2H3,(H7-,28,29,30,32,33,39,41,42,43,44)/b34-17-/t18-,23-/m1/s1. The van der Waals surface area contributed by atoms with Crippen LogP contribution in [0.3, 0.4) is 0 Å². The average molecular weight is 714 g/mol. The Labute approximate surface area is 282 Å². The zero-order chi connectivity index (χ0) is 34.5. The molecule has 0 saturated carbocycles. The predicted molar refractivity (Wildman–Crippen MR) is 171 cm³/mol. The highest BCUT2D eigenvalue weighted by molar-refractivity contribution is 8.00. The van der Waals surface area contributed by atoms with Crippen LogP contribution in [0.15, 0.2) is 51.8 Å². The summed E-state index contributed by atoms with van der Waals surface area (Å²) in [6.45, 7) is 3.04. The van der Waals surface area contributed by atoms with Gasteiger partial charge in [0, 0.05) is 28.3 Å². The zero-order valence-corrected chi connectivity index (χ0v) is 27.6. The second kappa shape index (κ2) is 12.4. The van der Waals surface area contributed by atoms with E-state index in [-0.39, 0.29) is 34.7 Å². The molecule has 6 rings (SSSR count). The fourth-order valence-corrected chi connectivity index (χ4v) is 7.63. The van der Waals surface area contributed by atoms with Gasteiger partial charge in [-0.1, -0.05) is 5.16 Å². The van der Waals surface area contributed by atoms with Crippen LogP contribution >= 0.6 is 34.4 Å². The number of aromatic nitrogens is 5. The van der Waals surface area contributed by atoms with Gasteiger partial charge in [0.25, 0.3) is 11.8 Å². The van der Waals surface area contributed by atoms with Gasteiger partial charge in [0.1, 0.15) is 33.6 Å². The van der Waals surface area contributed by atoms with E-state index >= 15 is 0 Å². The second-order valence-electron chi connectivity index (χ2n) is 11.1. The van der Waals surface area contributed by atoms with Crippen LogP contribution < -0.4 is 26.6 Å². The van der Waals surface area contributed by atoms with E-state index in [1.165, 1.54) is 42.3 Å². The van der Waals surface area contributed by atoms with E-state index in [9.17, 15) is 29.4 Å². The lowest BCUT2D eigenvalue weighted by atomic mass is 10.0. The average Bonchev–Trinajstić information content (AvgIpc) is 3.83. The SMILES string of the molecule is CC(C)(O/N=C(\C(=O)N[C@@H]1C(=O)N2C(C(=O)[O-])=C(C[n+]3ccc4n(Cc5nc(C(=N)N)cs5)ccn43)CS[C@H]12)c1csc(N)n1)C(=O)O. The summed E-state index contributed by atoms with van der Waals surface area (Å²) >= 11 is 3.66. The monoisotopic (exact) mass is 713 g/mol. The van der Waals surface area contributed by atoms with Crippen LogP contribution in [0.4, 0.5) is 5.13 Å². The first kappa shape index (κ1) is 32.7. The zero-order valence-electron chi connectivity index (χ0n) is 25.1. The molecule has 0 bridgehead atoms. The molecule has 2 atom stereocenters. The van der Waals surface area contributed by atoms with Gasteiger partial charge >= 0.3 is 5.97 Å². The molecule has 18 nitrogen and oxygen atoms in total. The summed E-state index contributed by atoms with van der Waals surface area (Å²) in [5, 5.41) is 38.9. The molecule has 2 aliphatic rings. The number of thioether (sulfide) groups is 1. The summed E-state index contributed by atoms with van der Waals surface area (Å²) in [7, 11) is 0. The van der Waals surface area contributed by atoms with Crippen LogP contribution in [0.5, 0.6) is 0 Å². The minimum absolute atomic E-state index is 0.00514. The van der Waals surface area contributed by atoms with Crippen LogP contribution in [0, 0.1) is 5.41 Å². The molecule has 0 spiro atoms. The third kappa shape index (κ3) is 5.97. The van der Waals surface area contributed by atoms with E-state index in [4.69, 9.17) is 21.7 Å². The summed E-state index contributed by atoms with van der Waals surface area (Å²) in [4.78, 5) is 65.2. The molecule has 6 heterocycles. The van der Waals surface area contributed by atoms with E-state index in [1.807, 2.05) is 27.5 Å². The number of carboxylic acid groups (broad SMARTS) is 2. The van der Waals surface area contributed by atoms with Crippen LogP contribution in [0.1, 0.15) is 30.2 Å². The largest absolute Gasteiger partial charge is 0.543 e. The number of hydrogen-bond acceptors (Lipinski definition) is 14. The third-order valence-electron chi connectivity index (χ3n) is 7.46. The topological polar surface area (TPSA) is 263 Å². The number of β-lactam (4-membered cyclic amide) rings is 1. The van der Waals surface area contributed by atoms with Crippen molar-refractivity contribution >= 4 is 80.5 Å². The fourth-order valence-electron chi connectivity index (χ4n) is 4.96. The van der Waals surface area contributed by atoms with E-state index in [2.05, 4.69) is 20.4 Å². The highest BCUT2D eigenvalue weighted by Gasteiger charge is 2.53. The van der Waals surface area contributed by atoms with Crippen molar-refractivity contribution in [3.63, 3.8) is 0 Å². The number of amides is 2. The highest BCUT2D eigenvalue weighted by atomic mass is 32.2. The van der Waals surface area contributed by atoms with Gasteiger partial charge in [-0.25, -0.2) is 14.8 Å². The molecule has 0 unspecified atom stereocenters. The van der Waals surface area contributed by atoms with Gasteiger partial charge < -0.3 is 41.2 Å². The minimum Gasteiger partial charge on any atom is -0.543 e. The molecule has 7 N–H and O–H groups in total. The van der Waals surface area contributed by atoms with Crippen molar-refractivity contribution in [3.8, 4) is 0 Å². The van der Waals surface area contributed by atoms with Gasteiger partial charge in [-0.15, -0.1) is 43.6 Å². The molecule has 21 heteroatoms. The third-order valence-corrected chi connectivity index (χ3v) is 10.3. The Morgan fingerprint density at radius 3 is 2.65 bits per heavy atom. The smallest absolute Gasteiger partial charge is 0.350 e. The Morgan fingerprint density at radius 1 is 1.25 bits per heavy atom. The van der Waals surface area contributed by atoms with Crippen molar-refractivity contribution in [1.82, 2.24) is 29.3 Å². The number of amidine groups is 1. The Balaban J connectivity index is 1.20. The van der Waals surface area contributed by atoms with E-state index in [0.717, 1.165) is 26.9 Å². The van der Waals surface area contributed by atoms with E-state index in [0.29, 0.717) is 17.8 Å². The summed E-state index contributed by atoms with van der Waals surface area (Å²) in [5.74, 6) is -4.32. The van der Waals surface area contributed by atoms with Crippen LogP contribution in [0.25, 0.3) is 5.65 Å². The maximum absolute atomic E-state index is 13.3. The Hall–Kier alpha value is -5.28. The van der Waals surface area contributed by atoms with Gasteiger partial charge in [-0.05, 0) is 13.8 Å². The van der Waals surface area contributed by atoms with Crippen molar-refractivity contribution in [1.29, 1.82) is 5.41 Å². The summed E-state index contributed by atoms with van der Waals surface area (Å²) in [6.07, 6.45) is 5.44. The number of anilines is 1. The summed E-state index contributed by atoms with van der Waals surface area (Å²) in [6, 6.07) is 0.733. The Morgan fingerprint density at radius 2 is 2.00 bits per heavy atom. The van der Waals surface area contributed by atoms with Crippen molar-refractivity contribution in [2.45, 2.75) is 44.0 Å². The van der Waals surface area contributed by atoms with E-state index < -0.39 is 46.5 Å². The maximum Gasteiger partial charge on any atom is 0.350 e. The molecule has 0 radical (unpaired) electrons. The van der Waals surface area contributed by atoms with Crippen molar-refractivity contribution < 1.29 is 38.9 Å². The van der Waals surface area contributed by atoms with Crippen molar-refractivity contribution in [2.75, 3.05) is 11.5 Å². The molecule has 2 amide bonds. The molecule has 0 aliphatic carbocycles. The number of fused-ring (bicyclic) bond motifs is 2. The number of carbonyl (C=O) groups excluding carboxylic acids is 3. The second-order valence-corrected chi connectivity index (χ2v) is 14.0. The number of carbonyl (C=O) groups is 4. The molecule has 2 aliphatic heterocycles. The molecule has 0 aromatic carbocycles.